The number of fused-ring (bicyclic) bond motifs is 3. The molecule has 2 aromatic rings. The Hall–Kier alpha value is -3.35. The van der Waals surface area contributed by atoms with E-state index >= 15 is 0 Å². The quantitative estimate of drug-likeness (QED) is 0.478. The van der Waals surface area contributed by atoms with Crippen molar-refractivity contribution in [3.8, 4) is 11.1 Å². The smallest absolute Gasteiger partial charge is 0.407 e. The number of aliphatic carboxylic acids is 1. The van der Waals surface area contributed by atoms with Crippen LogP contribution >= 0.6 is 0 Å². The third kappa shape index (κ3) is 6.02. The minimum atomic E-state index is -0.834. The van der Waals surface area contributed by atoms with E-state index in [0.29, 0.717) is 6.42 Å². The minimum Gasteiger partial charge on any atom is -0.481 e. The Labute approximate surface area is 206 Å². The highest BCUT2D eigenvalue weighted by Crippen LogP contribution is 2.44. The highest BCUT2D eigenvalue weighted by Gasteiger charge is 2.30. The first-order valence-electron chi connectivity index (χ1n) is 12.6. The molecule has 0 saturated heterocycles. The van der Waals surface area contributed by atoms with Crippen LogP contribution in [0.15, 0.2) is 48.5 Å². The molecule has 7 heteroatoms. The van der Waals surface area contributed by atoms with E-state index in [1.807, 2.05) is 31.2 Å². The van der Waals surface area contributed by atoms with Gasteiger partial charge in [-0.15, -0.1) is 0 Å². The van der Waals surface area contributed by atoms with Gasteiger partial charge in [0, 0.05) is 24.4 Å². The van der Waals surface area contributed by atoms with E-state index < -0.39 is 12.1 Å². The van der Waals surface area contributed by atoms with Crippen molar-refractivity contribution in [1.29, 1.82) is 0 Å². The largest absolute Gasteiger partial charge is 0.481 e. The molecule has 3 unspecified atom stereocenters. The Morgan fingerprint density at radius 2 is 1.63 bits per heavy atom. The Morgan fingerprint density at radius 3 is 2.26 bits per heavy atom. The minimum absolute atomic E-state index is 0.0194. The number of carboxylic acid groups (broad SMARTS) is 1. The van der Waals surface area contributed by atoms with Crippen molar-refractivity contribution >= 4 is 18.0 Å². The van der Waals surface area contributed by atoms with Gasteiger partial charge in [0.25, 0.3) is 0 Å². The molecule has 3 N–H and O–H groups in total. The Balaban J connectivity index is 1.30. The molecule has 0 heterocycles. The highest BCUT2D eigenvalue weighted by atomic mass is 16.5. The molecule has 35 heavy (non-hydrogen) atoms. The van der Waals surface area contributed by atoms with E-state index in [1.165, 1.54) is 11.1 Å². The molecule has 3 atom stereocenters. The molecule has 2 aromatic carbocycles. The number of carbonyl (C=O) groups excluding carboxylic acids is 2. The van der Waals surface area contributed by atoms with Crippen molar-refractivity contribution in [3.63, 3.8) is 0 Å². The van der Waals surface area contributed by atoms with Crippen molar-refractivity contribution in [3.05, 3.63) is 59.7 Å². The number of amides is 2. The zero-order valence-corrected chi connectivity index (χ0v) is 20.2. The fraction of sp³-hybridized carbons (Fsp3) is 0.464. The van der Waals surface area contributed by atoms with Crippen LogP contribution in [0.25, 0.3) is 11.1 Å². The Kier molecular flexibility index (Phi) is 8.06. The molecule has 2 aliphatic carbocycles. The zero-order valence-electron chi connectivity index (χ0n) is 20.2. The van der Waals surface area contributed by atoms with Gasteiger partial charge < -0.3 is 20.5 Å². The van der Waals surface area contributed by atoms with Gasteiger partial charge in [-0.2, -0.15) is 0 Å². The molecular formula is C28H34N2O5. The lowest BCUT2D eigenvalue weighted by Crippen LogP contribution is -2.45. The van der Waals surface area contributed by atoms with Gasteiger partial charge in [-0.05, 0) is 47.4 Å². The Morgan fingerprint density at radius 1 is 1.00 bits per heavy atom. The average Bonchev–Trinajstić information content (AvgIpc) is 3.17. The fourth-order valence-electron chi connectivity index (χ4n) is 5.46. The second-order valence-electron chi connectivity index (χ2n) is 9.60. The van der Waals surface area contributed by atoms with Gasteiger partial charge in [0.05, 0.1) is 6.42 Å². The SMILES string of the molecule is CCC(CC(=O)NC1CCCCC1CC(=O)O)NC(=O)OCC1c2ccccc2-c2ccccc21. The van der Waals surface area contributed by atoms with Crippen LogP contribution < -0.4 is 10.6 Å². The van der Waals surface area contributed by atoms with Crippen LogP contribution in [0, 0.1) is 5.92 Å². The van der Waals surface area contributed by atoms with Crippen LogP contribution in [-0.2, 0) is 14.3 Å². The van der Waals surface area contributed by atoms with Gasteiger partial charge in [-0.1, -0.05) is 68.3 Å². The summed E-state index contributed by atoms with van der Waals surface area (Å²) in [5.74, 6) is -1.06. The average molecular weight is 479 g/mol. The lowest BCUT2D eigenvalue weighted by Gasteiger charge is -2.31. The molecule has 0 radical (unpaired) electrons. The molecule has 186 valence electrons. The van der Waals surface area contributed by atoms with Gasteiger partial charge in [0.2, 0.25) is 5.91 Å². The molecule has 0 spiro atoms. The third-order valence-corrected chi connectivity index (χ3v) is 7.28. The number of carboxylic acids is 1. The molecule has 2 aliphatic rings. The maximum Gasteiger partial charge on any atom is 0.407 e. The predicted molar refractivity (Wildman–Crippen MR) is 133 cm³/mol. The highest BCUT2D eigenvalue weighted by molar-refractivity contribution is 5.80. The summed E-state index contributed by atoms with van der Waals surface area (Å²) < 4.78 is 5.62. The summed E-state index contributed by atoms with van der Waals surface area (Å²) in [6.07, 6.45) is 3.83. The van der Waals surface area contributed by atoms with E-state index in [9.17, 15) is 14.4 Å². The number of ether oxygens (including phenoxy) is 1. The first-order chi connectivity index (χ1) is 17.0. The van der Waals surface area contributed by atoms with Gasteiger partial charge in [0.15, 0.2) is 0 Å². The van der Waals surface area contributed by atoms with Crippen LogP contribution in [0.1, 0.15) is 68.9 Å². The topological polar surface area (TPSA) is 105 Å². The predicted octanol–water partition coefficient (Wildman–Crippen LogP) is 4.84. The second-order valence-corrected chi connectivity index (χ2v) is 9.60. The summed E-state index contributed by atoms with van der Waals surface area (Å²) in [5, 5.41) is 15.0. The lowest BCUT2D eigenvalue weighted by molar-refractivity contribution is -0.139. The first kappa shape index (κ1) is 24.8. The summed E-state index contributed by atoms with van der Waals surface area (Å²) >= 11 is 0. The number of carbonyl (C=O) groups is 3. The van der Waals surface area contributed by atoms with Gasteiger partial charge >= 0.3 is 12.1 Å². The van der Waals surface area contributed by atoms with E-state index in [0.717, 1.165) is 36.8 Å². The molecular weight excluding hydrogens is 444 g/mol. The zero-order chi connectivity index (χ0) is 24.8. The van der Waals surface area contributed by atoms with E-state index in [1.54, 1.807) is 0 Å². The third-order valence-electron chi connectivity index (χ3n) is 7.28. The van der Waals surface area contributed by atoms with Gasteiger partial charge in [-0.25, -0.2) is 4.79 Å². The number of benzene rings is 2. The second kappa shape index (κ2) is 11.4. The normalized spacial score (nSPS) is 19.8. The van der Waals surface area contributed by atoms with Crippen molar-refractivity contribution in [1.82, 2.24) is 10.6 Å². The van der Waals surface area contributed by atoms with Crippen LogP contribution in [-0.4, -0.2) is 41.8 Å². The number of alkyl carbamates (subject to hydrolysis) is 1. The van der Waals surface area contributed by atoms with Crippen LogP contribution in [0.5, 0.6) is 0 Å². The molecule has 4 rings (SSSR count). The molecule has 1 saturated carbocycles. The monoisotopic (exact) mass is 478 g/mol. The molecule has 1 fully saturated rings. The maximum absolute atomic E-state index is 12.7. The molecule has 0 aromatic heterocycles. The van der Waals surface area contributed by atoms with Crippen molar-refractivity contribution < 1.29 is 24.2 Å². The number of hydrogen-bond donors (Lipinski definition) is 3. The molecule has 0 bridgehead atoms. The van der Waals surface area contributed by atoms with Crippen molar-refractivity contribution in [2.24, 2.45) is 5.92 Å². The van der Waals surface area contributed by atoms with E-state index in [2.05, 4.69) is 34.9 Å². The standard InChI is InChI=1S/C28H34N2O5/c1-2-19(16-26(31)30-25-14-8-3-9-18(25)15-27(32)33)29-28(34)35-17-24-22-12-6-4-10-20(22)21-11-5-7-13-23(21)24/h4-7,10-13,18-19,24-25H,2-3,8-9,14-17H2,1H3,(H,29,34)(H,30,31)(H,32,33). The lowest BCUT2D eigenvalue weighted by atomic mass is 9.82. The summed E-state index contributed by atoms with van der Waals surface area (Å²) in [7, 11) is 0. The van der Waals surface area contributed by atoms with E-state index in [4.69, 9.17) is 9.84 Å². The van der Waals surface area contributed by atoms with Crippen molar-refractivity contribution in [2.45, 2.75) is 69.9 Å². The molecule has 0 aliphatic heterocycles. The van der Waals surface area contributed by atoms with Gasteiger partial charge in [-0.3, -0.25) is 9.59 Å². The molecule has 7 nitrogen and oxygen atoms in total. The Bertz CT molecular complexity index is 1020. The van der Waals surface area contributed by atoms with Crippen LogP contribution in [0.2, 0.25) is 0 Å². The summed E-state index contributed by atoms with van der Waals surface area (Å²) in [6.45, 7) is 2.14. The van der Waals surface area contributed by atoms with Crippen molar-refractivity contribution in [2.75, 3.05) is 6.61 Å². The summed E-state index contributed by atoms with van der Waals surface area (Å²) in [6, 6.07) is 15.9. The maximum atomic E-state index is 12.7. The fourth-order valence-corrected chi connectivity index (χ4v) is 5.46. The van der Waals surface area contributed by atoms with E-state index in [-0.39, 0.29) is 49.3 Å². The van der Waals surface area contributed by atoms with Crippen LogP contribution in [0.4, 0.5) is 4.79 Å². The van der Waals surface area contributed by atoms with Crippen LogP contribution in [0.3, 0.4) is 0 Å². The number of nitrogens with one attached hydrogen (secondary N) is 2. The van der Waals surface area contributed by atoms with Gasteiger partial charge in [0.1, 0.15) is 6.61 Å². The summed E-state index contributed by atoms with van der Waals surface area (Å²) in [4.78, 5) is 36.5. The molecule has 2 amide bonds. The first-order valence-corrected chi connectivity index (χ1v) is 12.6. The number of hydrogen-bond acceptors (Lipinski definition) is 4. The summed E-state index contributed by atoms with van der Waals surface area (Å²) in [5.41, 5.74) is 4.64. The number of rotatable bonds is 9.